The molecule has 0 heterocycles. The molecule has 1 aromatic rings. The van der Waals surface area contributed by atoms with Gasteiger partial charge in [-0.3, -0.25) is 25.1 Å². The second-order valence-electron chi connectivity index (χ2n) is 3.67. The van der Waals surface area contributed by atoms with Crippen LogP contribution >= 0.6 is 0 Å². The molecule has 0 atom stereocenters. The lowest BCUT2D eigenvalue weighted by Gasteiger charge is -2.02. The number of Topliss-reactive ketones (excluding diaryl/α,β-unsaturated/α-hetero) is 2. The van der Waals surface area contributed by atoms with Gasteiger partial charge < -0.3 is 5.11 Å². The van der Waals surface area contributed by atoms with E-state index in [-0.39, 0.29) is 29.3 Å². The quantitative estimate of drug-likeness (QED) is 0.262. The number of phenols is 1. The molecule has 0 saturated carbocycles. The number of nitro groups is 1. The number of phenolic OH excluding ortho intramolecular Hbond substituents is 1. The maximum absolute atomic E-state index is 11.1. The fourth-order valence-corrected chi connectivity index (χ4v) is 1.19. The van der Waals surface area contributed by atoms with Crippen LogP contribution in [0.5, 0.6) is 5.75 Å². The Morgan fingerprint density at radius 2 is 2.21 bits per heavy atom. The average molecular weight is 265 g/mol. The van der Waals surface area contributed by atoms with E-state index in [1.807, 2.05) is 0 Å². The molecule has 0 saturated heterocycles. The Hall–Kier alpha value is -2.77. The highest BCUT2D eigenvalue weighted by Crippen LogP contribution is 2.27. The summed E-state index contributed by atoms with van der Waals surface area (Å²) in [5.74, 6) is -1.14. The lowest BCUT2D eigenvalue weighted by atomic mass is 10.2. The van der Waals surface area contributed by atoms with E-state index in [1.165, 1.54) is 19.1 Å². The largest absolute Gasteiger partial charge is 0.505 e. The molecule has 0 amide bonds. The number of carbonyl (C=O) groups is 2. The molecule has 8 heteroatoms. The fourth-order valence-electron chi connectivity index (χ4n) is 1.19. The van der Waals surface area contributed by atoms with Crippen molar-refractivity contribution in [3.05, 3.63) is 28.3 Å². The van der Waals surface area contributed by atoms with E-state index < -0.39 is 10.7 Å². The number of carbonyl (C=O) groups excluding carboxylic acids is 2. The lowest BCUT2D eigenvalue weighted by molar-refractivity contribution is -0.384. The molecule has 0 unspecified atom stereocenters. The van der Waals surface area contributed by atoms with Gasteiger partial charge in [-0.2, -0.15) is 5.10 Å². The molecule has 8 nitrogen and oxygen atoms in total. The molecule has 19 heavy (non-hydrogen) atoms. The van der Waals surface area contributed by atoms with Crippen LogP contribution in [0.15, 0.2) is 23.3 Å². The molecular weight excluding hydrogens is 254 g/mol. The zero-order valence-electron chi connectivity index (χ0n) is 9.99. The number of nitro benzene ring substituents is 1. The van der Waals surface area contributed by atoms with Gasteiger partial charge in [0.05, 0.1) is 29.3 Å². The number of hydrogen-bond donors (Lipinski definition) is 2. The molecule has 0 radical (unpaired) electrons. The number of rotatable bonds is 6. The number of anilines is 1. The predicted molar refractivity (Wildman–Crippen MR) is 67.2 cm³/mol. The standard InChI is InChI=1S/C11H11N3O5/c1-7(15)4-9(16)6-12-13-10-3-2-8(14(18)19)5-11(10)17/h2-3,5-6,13,17H,4H2,1H3/b12-6+. The molecule has 1 rings (SSSR count). The van der Waals surface area contributed by atoms with Crippen LogP contribution in [0.3, 0.4) is 0 Å². The topological polar surface area (TPSA) is 122 Å². The van der Waals surface area contributed by atoms with Crippen molar-refractivity contribution in [3.63, 3.8) is 0 Å². The molecular formula is C11H11N3O5. The van der Waals surface area contributed by atoms with Crippen molar-refractivity contribution in [1.82, 2.24) is 0 Å². The first-order valence-corrected chi connectivity index (χ1v) is 5.19. The zero-order valence-corrected chi connectivity index (χ0v) is 9.99. The van der Waals surface area contributed by atoms with Crippen LogP contribution in [-0.4, -0.2) is 27.8 Å². The Kier molecular flexibility index (Phi) is 4.69. The second kappa shape index (κ2) is 6.24. The normalized spacial score (nSPS) is 10.4. The van der Waals surface area contributed by atoms with Gasteiger partial charge in [-0.1, -0.05) is 0 Å². The van der Waals surface area contributed by atoms with Crippen LogP contribution in [0, 0.1) is 10.1 Å². The minimum Gasteiger partial charge on any atom is -0.505 e. The molecule has 0 aliphatic rings. The van der Waals surface area contributed by atoms with Crippen LogP contribution in [0.4, 0.5) is 11.4 Å². The molecule has 0 bridgehead atoms. The number of aromatic hydroxyl groups is 1. The van der Waals surface area contributed by atoms with Gasteiger partial charge in [-0.25, -0.2) is 0 Å². The van der Waals surface area contributed by atoms with Gasteiger partial charge in [0.2, 0.25) is 0 Å². The third kappa shape index (κ3) is 4.54. The molecule has 1 aromatic carbocycles. The summed E-state index contributed by atoms with van der Waals surface area (Å²) < 4.78 is 0. The van der Waals surface area contributed by atoms with Gasteiger partial charge >= 0.3 is 0 Å². The summed E-state index contributed by atoms with van der Waals surface area (Å²) in [6.45, 7) is 1.28. The number of nitrogens with one attached hydrogen (secondary N) is 1. The molecule has 2 N–H and O–H groups in total. The monoisotopic (exact) mass is 265 g/mol. The summed E-state index contributed by atoms with van der Waals surface area (Å²) in [7, 11) is 0. The predicted octanol–water partition coefficient (Wildman–Crippen LogP) is 1.25. The molecule has 0 aliphatic heterocycles. The summed E-state index contributed by atoms with van der Waals surface area (Å²) >= 11 is 0. The van der Waals surface area contributed by atoms with E-state index in [0.717, 1.165) is 12.3 Å². The number of ketones is 2. The van der Waals surface area contributed by atoms with Crippen LogP contribution in [0.1, 0.15) is 13.3 Å². The van der Waals surface area contributed by atoms with Gasteiger partial charge in [-0.05, 0) is 13.0 Å². The van der Waals surface area contributed by atoms with Gasteiger partial charge in [-0.15, -0.1) is 0 Å². The third-order valence-electron chi connectivity index (χ3n) is 2.01. The summed E-state index contributed by atoms with van der Waals surface area (Å²) in [5, 5.41) is 23.4. The number of non-ortho nitro benzene ring substituents is 1. The van der Waals surface area contributed by atoms with Crippen LogP contribution in [0.2, 0.25) is 0 Å². The first kappa shape index (κ1) is 14.3. The summed E-state index contributed by atoms with van der Waals surface area (Å²) in [6, 6.07) is 3.38. The summed E-state index contributed by atoms with van der Waals surface area (Å²) in [5.41, 5.74) is 2.19. The van der Waals surface area contributed by atoms with Crippen LogP contribution in [-0.2, 0) is 9.59 Å². The van der Waals surface area contributed by atoms with Crippen LogP contribution < -0.4 is 5.43 Å². The van der Waals surface area contributed by atoms with Crippen molar-refractivity contribution in [2.75, 3.05) is 5.43 Å². The van der Waals surface area contributed by atoms with E-state index in [2.05, 4.69) is 10.5 Å². The first-order valence-electron chi connectivity index (χ1n) is 5.19. The van der Waals surface area contributed by atoms with E-state index in [1.54, 1.807) is 0 Å². The van der Waals surface area contributed by atoms with Gasteiger partial charge in [0.1, 0.15) is 11.5 Å². The molecule has 0 aliphatic carbocycles. The minimum absolute atomic E-state index is 0.109. The maximum atomic E-state index is 11.1. The number of nitrogens with zero attached hydrogens (tertiary/aromatic N) is 2. The highest BCUT2D eigenvalue weighted by Gasteiger charge is 2.09. The number of hydrogen-bond acceptors (Lipinski definition) is 7. The molecule has 0 aromatic heterocycles. The number of hydrazone groups is 1. The van der Waals surface area contributed by atoms with Crippen molar-refractivity contribution in [2.24, 2.45) is 5.10 Å². The number of benzene rings is 1. The van der Waals surface area contributed by atoms with Crippen LogP contribution in [0.25, 0.3) is 0 Å². The van der Waals surface area contributed by atoms with E-state index in [4.69, 9.17) is 0 Å². The average Bonchev–Trinajstić information content (AvgIpc) is 2.29. The van der Waals surface area contributed by atoms with E-state index in [0.29, 0.717) is 0 Å². The third-order valence-corrected chi connectivity index (χ3v) is 2.01. The Morgan fingerprint density at radius 3 is 2.74 bits per heavy atom. The van der Waals surface area contributed by atoms with Crippen molar-refractivity contribution in [2.45, 2.75) is 13.3 Å². The molecule has 100 valence electrons. The highest BCUT2D eigenvalue weighted by atomic mass is 16.6. The van der Waals surface area contributed by atoms with Crippen molar-refractivity contribution >= 4 is 29.2 Å². The zero-order chi connectivity index (χ0) is 14.4. The summed E-state index contributed by atoms with van der Waals surface area (Å²) in [6.07, 6.45) is 0.652. The first-order chi connectivity index (χ1) is 8.90. The van der Waals surface area contributed by atoms with Crippen molar-refractivity contribution in [1.29, 1.82) is 0 Å². The van der Waals surface area contributed by atoms with Crippen molar-refractivity contribution < 1.29 is 19.6 Å². The smallest absolute Gasteiger partial charge is 0.273 e. The molecule has 0 fully saturated rings. The lowest BCUT2D eigenvalue weighted by Crippen LogP contribution is -2.06. The van der Waals surface area contributed by atoms with Gasteiger partial charge in [0.15, 0.2) is 5.78 Å². The second-order valence-corrected chi connectivity index (χ2v) is 3.67. The van der Waals surface area contributed by atoms with E-state index >= 15 is 0 Å². The Balaban J connectivity index is 2.68. The fraction of sp³-hybridized carbons (Fsp3) is 0.182. The van der Waals surface area contributed by atoms with Gasteiger partial charge in [0, 0.05) is 6.07 Å². The van der Waals surface area contributed by atoms with Crippen molar-refractivity contribution in [3.8, 4) is 5.75 Å². The Labute approximate surface area is 107 Å². The minimum atomic E-state index is -0.650. The van der Waals surface area contributed by atoms with E-state index in [9.17, 15) is 24.8 Å². The maximum Gasteiger partial charge on any atom is 0.273 e. The molecule has 0 spiro atoms. The van der Waals surface area contributed by atoms with Gasteiger partial charge in [0.25, 0.3) is 5.69 Å². The highest BCUT2D eigenvalue weighted by molar-refractivity contribution is 6.31. The SMILES string of the molecule is CC(=O)CC(=O)/C=N/Nc1ccc([N+](=O)[O-])cc1O. The Morgan fingerprint density at radius 1 is 1.53 bits per heavy atom. The summed E-state index contributed by atoms with van der Waals surface area (Å²) in [4.78, 5) is 31.5. The Bertz CT molecular complexity index is 553.